The van der Waals surface area contributed by atoms with Gasteiger partial charge >= 0.3 is 5.97 Å². The molecule has 7 rings (SSSR count). The predicted octanol–water partition coefficient (Wildman–Crippen LogP) is 7.67. The van der Waals surface area contributed by atoms with Crippen molar-refractivity contribution in [1.82, 2.24) is 10.2 Å². The van der Waals surface area contributed by atoms with E-state index in [1.54, 1.807) is 0 Å². The fourth-order valence-corrected chi connectivity index (χ4v) is 15.5. The van der Waals surface area contributed by atoms with Gasteiger partial charge in [-0.05, 0) is 140 Å². The molecule has 1 saturated heterocycles. The highest BCUT2D eigenvalue weighted by Crippen LogP contribution is 2.76. The fourth-order valence-electron chi connectivity index (χ4n) is 14.2. The molecule has 1 aliphatic heterocycles. The van der Waals surface area contributed by atoms with E-state index in [4.69, 9.17) is 0 Å². The number of hydrogen-bond donors (Lipinski definition) is 2. The summed E-state index contributed by atoms with van der Waals surface area (Å²) in [4.78, 5) is 14.1. The van der Waals surface area contributed by atoms with Crippen molar-refractivity contribution in [3.63, 3.8) is 0 Å². The van der Waals surface area contributed by atoms with Gasteiger partial charge in [0.05, 0.1) is 17.4 Å². The first-order valence-electron chi connectivity index (χ1n) is 19.5. The van der Waals surface area contributed by atoms with E-state index >= 15 is 0 Å². The van der Waals surface area contributed by atoms with Crippen LogP contribution in [-0.2, 0) is 14.6 Å². The van der Waals surface area contributed by atoms with Crippen LogP contribution in [0.4, 0.5) is 0 Å². The van der Waals surface area contributed by atoms with Gasteiger partial charge in [-0.1, -0.05) is 58.9 Å². The first-order valence-corrected chi connectivity index (χ1v) is 21.3. The van der Waals surface area contributed by atoms with Gasteiger partial charge in [0, 0.05) is 31.7 Å². The van der Waals surface area contributed by atoms with Gasteiger partial charge in [-0.25, -0.2) is 8.42 Å². The van der Waals surface area contributed by atoms with Crippen molar-refractivity contribution in [2.45, 2.75) is 118 Å². The number of nitrogens with one attached hydrogen (secondary N) is 1. The standard InChI is InChI=1S/C41H64N2O4S/c1-27(2)30-12-17-41(42-20-21-43-22-24-48(46,47)25-23-43)19-18-39(6)32(35(30)41)10-11-34-38(5)15-13-31(28-8-9-29(26-28)36(44)45)37(3,4)33(38)14-16-40(34,39)7/h13,26,29-30,32-35,42H,1,8-12,14-25H2,2-7H3,(H,44,45)/t29?,30?,32-,33+,34-,35-,38+,39-,40-,41+/m1/s1. The second-order valence-corrected chi connectivity index (χ2v) is 21.3. The van der Waals surface area contributed by atoms with Crippen LogP contribution in [-0.4, -0.2) is 67.6 Å². The molecule has 1 heterocycles. The molecule has 6 nitrogen and oxygen atoms in total. The molecule has 0 spiro atoms. The zero-order valence-electron chi connectivity index (χ0n) is 30.9. The van der Waals surface area contributed by atoms with E-state index in [0.717, 1.165) is 32.4 Å². The lowest BCUT2D eigenvalue weighted by Gasteiger charge is -2.72. The van der Waals surface area contributed by atoms with Crippen molar-refractivity contribution >= 4 is 15.8 Å². The second-order valence-electron chi connectivity index (χ2n) is 19.0. The summed E-state index contributed by atoms with van der Waals surface area (Å²) in [6.45, 7) is 23.1. The Morgan fingerprint density at radius 3 is 2.35 bits per heavy atom. The van der Waals surface area contributed by atoms with Gasteiger partial charge in [0.2, 0.25) is 0 Å². The van der Waals surface area contributed by atoms with Gasteiger partial charge in [-0.3, -0.25) is 4.79 Å². The number of fused-ring (bicyclic) bond motifs is 7. The van der Waals surface area contributed by atoms with Crippen molar-refractivity contribution < 1.29 is 18.3 Å². The van der Waals surface area contributed by atoms with E-state index < -0.39 is 15.8 Å². The normalized spacial score (nSPS) is 46.4. The third kappa shape index (κ3) is 5.20. The van der Waals surface area contributed by atoms with Crippen molar-refractivity contribution in [3.05, 3.63) is 35.5 Å². The van der Waals surface area contributed by atoms with Crippen LogP contribution >= 0.6 is 0 Å². The highest BCUT2D eigenvalue weighted by molar-refractivity contribution is 7.91. The van der Waals surface area contributed by atoms with Gasteiger partial charge in [0.25, 0.3) is 0 Å². The molecular formula is C41H64N2O4S. The summed E-state index contributed by atoms with van der Waals surface area (Å²) in [5.74, 6) is 2.76. The molecule has 0 aromatic rings. The minimum Gasteiger partial charge on any atom is -0.481 e. The lowest BCUT2D eigenvalue weighted by atomic mass is 9.33. The van der Waals surface area contributed by atoms with E-state index in [0.29, 0.717) is 54.2 Å². The maximum atomic E-state index is 12.0. The number of carbonyl (C=O) groups is 1. The molecule has 2 N–H and O–H groups in total. The third-order valence-corrected chi connectivity index (χ3v) is 18.4. The third-order valence-electron chi connectivity index (χ3n) is 16.8. The second kappa shape index (κ2) is 11.8. The first kappa shape index (κ1) is 35.0. The molecule has 48 heavy (non-hydrogen) atoms. The predicted molar refractivity (Wildman–Crippen MR) is 194 cm³/mol. The number of allylic oxidation sites excluding steroid dienone is 4. The molecule has 2 unspecified atom stereocenters. The van der Waals surface area contributed by atoms with Gasteiger partial charge in [0.15, 0.2) is 9.84 Å². The largest absolute Gasteiger partial charge is 0.481 e. The maximum Gasteiger partial charge on any atom is 0.310 e. The Labute approximate surface area is 291 Å². The highest BCUT2D eigenvalue weighted by Gasteiger charge is 2.70. The monoisotopic (exact) mass is 680 g/mol. The lowest BCUT2D eigenvalue weighted by Crippen LogP contribution is -2.68. The van der Waals surface area contributed by atoms with E-state index in [1.165, 1.54) is 68.1 Å². The van der Waals surface area contributed by atoms with Crippen molar-refractivity contribution in [3.8, 4) is 0 Å². The Hall–Kier alpha value is -1.44. The highest BCUT2D eigenvalue weighted by atomic mass is 32.2. The molecule has 268 valence electrons. The smallest absolute Gasteiger partial charge is 0.310 e. The zero-order chi connectivity index (χ0) is 34.5. The first-order chi connectivity index (χ1) is 22.5. The molecule has 7 aliphatic rings. The minimum absolute atomic E-state index is 0.0476. The number of hydrogen-bond acceptors (Lipinski definition) is 5. The summed E-state index contributed by atoms with van der Waals surface area (Å²) in [5, 5.41) is 13.9. The summed E-state index contributed by atoms with van der Waals surface area (Å²) in [6, 6.07) is 0. The van der Waals surface area contributed by atoms with Crippen LogP contribution < -0.4 is 5.32 Å². The molecule has 4 saturated carbocycles. The lowest BCUT2D eigenvalue weighted by molar-refractivity contribution is -0.221. The SMILES string of the molecule is C=C(C)C1CC[C@]2(NCCN3CCS(=O)(=O)CC3)CC[C@]3(C)[C@H](CC[C@@H]4[C@@]5(C)CC=C(C6=CC(C(=O)O)CC6)C(C)(C)[C@@H]5CC[C@]43C)[C@@H]12. The van der Waals surface area contributed by atoms with Crippen LogP contribution in [0.5, 0.6) is 0 Å². The summed E-state index contributed by atoms with van der Waals surface area (Å²) in [6.07, 6.45) is 17.6. The molecule has 0 aromatic heterocycles. The van der Waals surface area contributed by atoms with Crippen LogP contribution in [0.3, 0.4) is 0 Å². The van der Waals surface area contributed by atoms with Gasteiger partial charge in [-0.15, -0.1) is 0 Å². The van der Waals surface area contributed by atoms with Crippen molar-refractivity contribution in [2.75, 3.05) is 37.7 Å². The van der Waals surface area contributed by atoms with E-state index in [1.807, 2.05) is 0 Å². The summed E-state index contributed by atoms with van der Waals surface area (Å²) in [5.41, 5.74) is 5.17. The molecule has 0 aromatic carbocycles. The molecule has 0 radical (unpaired) electrons. The van der Waals surface area contributed by atoms with E-state index in [9.17, 15) is 18.3 Å². The van der Waals surface area contributed by atoms with Gasteiger partial charge < -0.3 is 15.3 Å². The van der Waals surface area contributed by atoms with Crippen LogP contribution in [0.1, 0.15) is 112 Å². The summed E-state index contributed by atoms with van der Waals surface area (Å²) < 4.78 is 24.0. The van der Waals surface area contributed by atoms with Crippen molar-refractivity contribution in [2.24, 2.45) is 57.2 Å². The Bertz CT molecular complexity index is 1500. The number of rotatable bonds is 7. The molecule has 0 amide bonds. The number of nitrogens with zero attached hydrogens (tertiary/aromatic N) is 1. The Balaban J connectivity index is 1.14. The number of aliphatic carboxylic acids is 1. The van der Waals surface area contributed by atoms with E-state index in [-0.39, 0.29) is 33.1 Å². The quantitative estimate of drug-likeness (QED) is 0.269. The number of sulfone groups is 1. The topological polar surface area (TPSA) is 86.7 Å². The summed E-state index contributed by atoms with van der Waals surface area (Å²) in [7, 11) is -2.86. The molecule has 10 atom stereocenters. The number of carboxylic acids is 1. The molecule has 0 bridgehead atoms. The van der Waals surface area contributed by atoms with Crippen LogP contribution in [0.15, 0.2) is 35.5 Å². The zero-order valence-corrected chi connectivity index (χ0v) is 31.7. The number of carboxylic acid groups (broad SMARTS) is 1. The average Bonchev–Trinajstić information content (AvgIpc) is 3.64. The van der Waals surface area contributed by atoms with Gasteiger partial charge in [0.1, 0.15) is 0 Å². The summed E-state index contributed by atoms with van der Waals surface area (Å²) >= 11 is 0. The fraction of sp³-hybridized carbons (Fsp3) is 0.829. The average molecular weight is 681 g/mol. The molecule has 6 aliphatic carbocycles. The van der Waals surface area contributed by atoms with Gasteiger partial charge in [-0.2, -0.15) is 0 Å². The Morgan fingerprint density at radius 1 is 0.958 bits per heavy atom. The van der Waals surface area contributed by atoms with E-state index in [2.05, 4.69) is 70.5 Å². The van der Waals surface area contributed by atoms with Crippen molar-refractivity contribution in [1.29, 1.82) is 0 Å². The Morgan fingerprint density at radius 2 is 1.69 bits per heavy atom. The van der Waals surface area contributed by atoms with Crippen LogP contribution in [0, 0.1) is 57.2 Å². The van der Waals surface area contributed by atoms with Crippen LogP contribution in [0.2, 0.25) is 0 Å². The van der Waals surface area contributed by atoms with Crippen LogP contribution in [0.25, 0.3) is 0 Å². The molecule has 7 heteroatoms. The minimum atomic E-state index is -2.86. The Kier molecular flexibility index (Phi) is 8.60. The maximum absolute atomic E-state index is 12.0. The molecular weight excluding hydrogens is 617 g/mol. The molecule has 5 fully saturated rings.